The van der Waals surface area contributed by atoms with Crippen LogP contribution in [0.1, 0.15) is 24.0 Å². The zero-order valence-corrected chi connectivity index (χ0v) is 12.2. The maximum atomic E-state index is 6.03. The van der Waals surface area contributed by atoms with E-state index < -0.39 is 0 Å². The number of pyridine rings is 1. The zero-order valence-electron chi connectivity index (χ0n) is 11.4. The third kappa shape index (κ3) is 3.30. The molecule has 4 heteroatoms. The first-order chi connectivity index (χ1) is 9.72. The van der Waals surface area contributed by atoms with Gasteiger partial charge in [-0.2, -0.15) is 0 Å². The van der Waals surface area contributed by atoms with Crippen LogP contribution in [0, 0.1) is 6.92 Å². The lowest BCUT2D eigenvalue weighted by Crippen LogP contribution is -2.16. The molecule has 1 heterocycles. The predicted octanol–water partition coefficient (Wildman–Crippen LogP) is 4.09. The summed E-state index contributed by atoms with van der Waals surface area (Å²) in [4.78, 5) is 4.33. The van der Waals surface area contributed by atoms with Crippen molar-refractivity contribution >= 4 is 11.6 Å². The van der Waals surface area contributed by atoms with E-state index in [0.717, 1.165) is 28.4 Å². The number of ether oxygens (including phenoxy) is 1. The first kappa shape index (κ1) is 13.4. The normalized spacial score (nSPS) is 14.3. The van der Waals surface area contributed by atoms with Gasteiger partial charge in [-0.15, -0.1) is 0 Å². The second-order valence-electron chi connectivity index (χ2n) is 5.14. The van der Waals surface area contributed by atoms with Gasteiger partial charge in [-0.05, 0) is 49.6 Å². The Labute approximate surface area is 123 Å². The molecule has 0 amide bonds. The summed E-state index contributed by atoms with van der Waals surface area (Å²) in [5.74, 6) is 1.42. The van der Waals surface area contributed by atoms with Gasteiger partial charge in [-0.1, -0.05) is 17.7 Å². The van der Waals surface area contributed by atoms with E-state index in [1.807, 2.05) is 37.3 Å². The van der Waals surface area contributed by atoms with E-state index in [-0.39, 0.29) is 0 Å². The number of aromatic nitrogens is 1. The minimum absolute atomic E-state index is 0.655. The Hall–Kier alpha value is -1.58. The van der Waals surface area contributed by atoms with E-state index in [1.165, 1.54) is 12.8 Å². The number of rotatable bonds is 5. The van der Waals surface area contributed by atoms with Crippen molar-refractivity contribution in [2.75, 3.05) is 0 Å². The molecule has 0 unspecified atom stereocenters. The summed E-state index contributed by atoms with van der Waals surface area (Å²) in [6.07, 6.45) is 4.29. The third-order valence-electron chi connectivity index (χ3n) is 3.35. The summed E-state index contributed by atoms with van der Waals surface area (Å²) in [6.45, 7) is 2.75. The number of hydrogen-bond acceptors (Lipinski definition) is 3. The molecule has 1 N–H and O–H groups in total. The van der Waals surface area contributed by atoms with Crippen molar-refractivity contribution < 1.29 is 4.74 Å². The highest BCUT2D eigenvalue weighted by atomic mass is 35.5. The van der Waals surface area contributed by atoms with Crippen molar-refractivity contribution in [3.63, 3.8) is 0 Å². The molecule has 1 aromatic carbocycles. The molecule has 20 heavy (non-hydrogen) atoms. The molecule has 1 fully saturated rings. The van der Waals surface area contributed by atoms with Gasteiger partial charge >= 0.3 is 0 Å². The van der Waals surface area contributed by atoms with Crippen LogP contribution >= 0.6 is 11.6 Å². The number of aryl methyl sites for hydroxylation is 1. The van der Waals surface area contributed by atoms with E-state index in [9.17, 15) is 0 Å². The molecule has 0 saturated heterocycles. The maximum Gasteiger partial charge on any atom is 0.223 e. The van der Waals surface area contributed by atoms with Crippen molar-refractivity contribution in [1.29, 1.82) is 0 Å². The van der Waals surface area contributed by atoms with Gasteiger partial charge in [-0.3, -0.25) is 0 Å². The summed E-state index contributed by atoms with van der Waals surface area (Å²) in [6, 6.07) is 10.3. The number of nitrogens with one attached hydrogen (secondary N) is 1. The highest BCUT2D eigenvalue weighted by molar-refractivity contribution is 6.31. The Bertz CT molecular complexity index is 611. The van der Waals surface area contributed by atoms with Crippen molar-refractivity contribution in [1.82, 2.24) is 10.3 Å². The second kappa shape index (κ2) is 5.81. The molecule has 3 rings (SSSR count). The van der Waals surface area contributed by atoms with Crippen LogP contribution in [0.3, 0.4) is 0 Å². The van der Waals surface area contributed by atoms with E-state index in [1.54, 1.807) is 6.20 Å². The summed E-state index contributed by atoms with van der Waals surface area (Å²) >= 11 is 6.03. The van der Waals surface area contributed by atoms with Crippen molar-refractivity contribution in [2.45, 2.75) is 32.4 Å². The van der Waals surface area contributed by atoms with Gasteiger partial charge in [0, 0.05) is 29.4 Å². The predicted molar refractivity (Wildman–Crippen MR) is 80.4 cm³/mol. The van der Waals surface area contributed by atoms with Crippen LogP contribution in [-0.4, -0.2) is 11.0 Å². The molecule has 0 radical (unpaired) electrons. The topological polar surface area (TPSA) is 34.1 Å². The van der Waals surface area contributed by atoms with Gasteiger partial charge < -0.3 is 10.1 Å². The standard InChI is InChI=1S/C16H17ClN2O/c1-11-9-14(6-7-15(11)17)20-16-12(3-2-8-18-16)10-19-13-4-5-13/h2-3,6-9,13,19H,4-5,10H2,1H3. The molecule has 2 aromatic rings. The lowest BCUT2D eigenvalue weighted by atomic mass is 10.2. The fraction of sp³-hybridized carbons (Fsp3) is 0.312. The summed E-state index contributed by atoms with van der Waals surface area (Å²) in [5.41, 5.74) is 2.07. The third-order valence-corrected chi connectivity index (χ3v) is 3.78. The van der Waals surface area contributed by atoms with Crippen LogP contribution in [0.15, 0.2) is 36.5 Å². The van der Waals surface area contributed by atoms with Crippen LogP contribution in [0.2, 0.25) is 5.02 Å². The largest absolute Gasteiger partial charge is 0.439 e. The number of halogens is 1. The molecule has 1 aliphatic rings. The molecule has 3 nitrogen and oxygen atoms in total. The number of nitrogens with zero attached hydrogens (tertiary/aromatic N) is 1. The van der Waals surface area contributed by atoms with Crippen LogP contribution in [0.4, 0.5) is 0 Å². The highest BCUT2D eigenvalue weighted by Gasteiger charge is 2.20. The Morgan fingerprint density at radius 1 is 1.35 bits per heavy atom. The van der Waals surface area contributed by atoms with Gasteiger partial charge in [0.05, 0.1) is 0 Å². The quantitative estimate of drug-likeness (QED) is 0.900. The fourth-order valence-corrected chi connectivity index (χ4v) is 2.10. The molecular weight excluding hydrogens is 272 g/mol. The van der Waals surface area contributed by atoms with Gasteiger partial charge in [0.2, 0.25) is 5.88 Å². The summed E-state index contributed by atoms with van der Waals surface area (Å²) in [7, 11) is 0. The Morgan fingerprint density at radius 2 is 2.20 bits per heavy atom. The van der Waals surface area contributed by atoms with Crippen LogP contribution in [0.25, 0.3) is 0 Å². The molecule has 0 aliphatic heterocycles. The molecule has 104 valence electrons. The lowest BCUT2D eigenvalue weighted by Gasteiger charge is -2.11. The fourth-order valence-electron chi connectivity index (χ4n) is 1.98. The Balaban J connectivity index is 1.76. The second-order valence-corrected chi connectivity index (χ2v) is 5.54. The molecule has 1 aliphatic carbocycles. The molecule has 0 bridgehead atoms. The Morgan fingerprint density at radius 3 is 2.95 bits per heavy atom. The van der Waals surface area contributed by atoms with Crippen molar-refractivity contribution in [2.24, 2.45) is 0 Å². The smallest absolute Gasteiger partial charge is 0.223 e. The zero-order chi connectivity index (χ0) is 13.9. The summed E-state index contributed by atoms with van der Waals surface area (Å²) in [5, 5.41) is 4.22. The van der Waals surface area contributed by atoms with Crippen LogP contribution in [-0.2, 0) is 6.54 Å². The van der Waals surface area contributed by atoms with E-state index in [0.29, 0.717) is 11.9 Å². The van der Waals surface area contributed by atoms with Gasteiger partial charge in [0.15, 0.2) is 0 Å². The first-order valence-corrected chi connectivity index (χ1v) is 7.21. The van der Waals surface area contributed by atoms with E-state index in [4.69, 9.17) is 16.3 Å². The number of hydrogen-bond donors (Lipinski definition) is 1. The monoisotopic (exact) mass is 288 g/mol. The van der Waals surface area contributed by atoms with Gasteiger partial charge in [0.25, 0.3) is 0 Å². The van der Waals surface area contributed by atoms with E-state index >= 15 is 0 Å². The number of benzene rings is 1. The SMILES string of the molecule is Cc1cc(Oc2ncccc2CNC2CC2)ccc1Cl. The van der Waals surface area contributed by atoms with Crippen molar-refractivity contribution in [3.05, 3.63) is 52.7 Å². The first-order valence-electron chi connectivity index (χ1n) is 6.83. The lowest BCUT2D eigenvalue weighted by molar-refractivity contribution is 0.452. The average Bonchev–Trinajstić information content (AvgIpc) is 3.26. The molecule has 0 spiro atoms. The highest BCUT2D eigenvalue weighted by Crippen LogP contribution is 2.27. The minimum atomic E-state index is 0.655. The van der Waals surface area contributed by atoms with Gasteiger partial charge in [0.1, 0.15) is 5.75 Å². The van der Waals surface area contributed by atoms with Crippen LogP contribution in [0.5, 0.6) is 11.6 Å². The molecular formula is C16H17ClN2O. The molecule has 1 saturated carbocycles. The van der Waals surface area contributed by atoms with Crippen LogP contribution < -0.4 is 10.1 Å². The average molecular weight is 289 g/mol. The minimum Gasteiger partial charge on any atom is -0.439 e. The molecule has 0 atom stereocenters. The van der Waals surface area contributed by atoms with Gasteiger partial charge in [-0.25, -0.2) is 4.98 Å². The molecule has 1 aromatic heterocycles. The Kier molecular flexibility index (Phi) is 3.90. The maximum absolute atomic E-state index is 6.03. The summed E-state index contributed by atoms with van der Waals surface area (Å²) < 4.78 is 5.89. The van der Waals surface area contributed by atoms with Crippen molar-refractivity contribution in [3.8, 4) is 11.6 Å². The van der Waals surface area contributed by atoms with E-state index in [2.05, 4.69) is 10.3 Å².